The summed E-state index contributed by atoms with van der Waals surface area (Å²) < 4.78 is 59.7. The summed E-state index contributed by atoms with van der Waals surface area (Å²) in [7, 11) is 1.93. The van der Waals surface area contributed by atoms with Crippen LogP contribution in [0.2, 0.25) is 0 Å². The van der Waals surface area contributed by atoms with Crippen LogP contribution >= 0.6 is 11.3 Å². The molecule has 1 fully saturated rings. The smallest absolute Gasteiger partial charge is 0.264 e. The highest BCUT2D eigenvalue weighted by Gasteiger charge is 2.31. The molecule has 2 N–H and O–H groups in total. The normalized spacial score (nSPS) is 17.8. The molecule has 0 unspecified atom stereocenters. The Bertz CT molecular complexity index is 1650. The molecule has 2 aliphatic heterocycles. The van der Waals surface area contributed by atoms with Crippen LogP contribution in [0.1, 0.15) is 46.1 Å². The lowest BCUT2D eigenvalue weighted by Gasteiger charge is -2.40. The fourth-order valence-corrected chi connectivity index (χ4v) is 5.87. The number of benzene rings is 1. The number of pyridine rings is 1. The summed E-state index contributed by atoms with van der Waals surface area (Å²) in [4.78, 5) is 37.4. The van der Waals surface area contributed by atoms with Crippen molar-refractivity contribution in [2.45, 2.75) is 25.8 Å². The van der Waals surface area contributed by atoms with Crippen LogP contribution in [0.15, 0.2) is 35.4 Å². The van der Waals surface area contributed by atoms with Gasteiger partial charge in [0.25, 0.3) is 12.3 Å². The fraction of sp³-hybridized carbons (Fsp3) is 0.357. The maximum absolute atomic E-state index is 16.5. The van der Waals surface area contributed by atoms with Gasteiger partial charge in [-0.3, -0.25) is 9.59 Å². The molecule has 1 saturated heterocycles. The largest absolute Gasteiger partial charge is 0.367 e. The van der Waals surface area contributed by atoms with Crippen molar-refractivity contribution in [3.05, 3.63) is 74.2 Å². The highest BCUT2D eigenvalue weighted by molar-refractivity contribution is 7.16. The van der Waals surface area contributed by atoms with E-state index in [-0.39, 0.29) is 29.5 Å². The van der Waals surface area contributed by atoms with E-state index in [4.69, 9.17) is 5.26 Å². The molecular formula is C28H27F4N7O2S. The maximum atomic E-state index is 16.5. The topological polar surface area (TPSA) is 108 Å². The van der Waals surface area contributed by atoms with Crippen LogP contribution in [0.5, 0.6) is 0 Å². The lowest BCUT2D eigenvalue weighted by Crippen LogP contribution is -2.50. The van der Waals surface area contributed by atoms with Crippen molar-refractivity contribution < 1.29 is 22.4 Å². The second-order valence-corrected chi connectivity index (χ2v) is 11.2. The van der Waals surface area contributed by atoms with E-state index in [2.05, 4.69) is 20.2 Å². The van der Waals surface area contributed by atoms with Gasteiger partial charge in [-0.05, 0) is 26.0 Å². The van der Waals surface area contributed by atoms with E-state index >= 15 is 8.78 Å². The van der Waals surface area contributed by atoms with E-state index < -0.39 is 40.7 Å². The number of halogens is 4. The Morgan fingerprint density at radius 3 is 2.71 bits per heavy atom. The number of nitrogens with one attached hydrogen (secondary N) is 2. The summed E-state index contributed by atoms with van der Waals surface area (Å²) in [5.74, 6) is -2.96. The van der Waals surface area contributed by atoms with Gasteiger partial charge in [0.1, 0.15) is 22.5 Å². The summed E-state index contributed by atoms with van der Waals surface area (Å²) in [5.41, 5.74) is -2.47. The molecule has 0 bridgehead atoms. The van der Waals surface area contributed by atoms with Crippen LogP contribution in [-0.2, 0) is 0 Å². The molecule has 42 heavy (non-hydrogen) atoms. The number of likely N-dealkylation sites (N-methyl/N-ethyl adjacent to an activating group) is 1. The summed E-state index contributed by atoms with van der Waals surface area (Å²) >= 11 is 1.17. The summed E-state index contributed by atoms with van der Waals surface area (Å²) in [6, 6.07) is 3.83. The number of H-pyrrole nitrogens is 1. The Hall–Kier alpha value is -4.22. The van der Waals surface area contributed by atoms with Crippen LogP contribution in [0.25, 0.3) is 5.57 Å². The Balaban J connectivity index is 1.57. The predicted molar refractivity (Wildman–Crippen MR) is 152 cm³/mol. The predicted octanol–water partition coefficient (Wildman–Crippen LogP) is 4.61. The highest BCUT2D eigenvalue weighted by atomic mass is 32.1. The van der Waals surface area contributed by atoms with Crippen LogP contribution in [-0.4, -0.2) is 66.6 Å². The molecule has 5 rings (SSSR count). The second-order valence-electron chi connectivity index (χ2n) is 10.2. The Labute approximate surface area is 242 Å². The van der Waals surface area contributed by atoms with E-state index in [0.717, 1.165) is 12.3 Å². The molecule has 0 spiro atoms. The number of anilines is 3. The van der Waals surface area contributed by atoms with Crippen LogP contribution in [0.3, 0.4) is 0 Å². The number of aromatic nitrogens is 2. The minimum absolute atomic E-state index is 0.0314. The fourth-order valence-electron chi connectivity index (χ4n) is 5.13. The molecule has 14 heteroatoms. The number of aromatic amines is 1. The highest BCUT2D eigenvalue weighted by Crippen LogP contribution is 2.39. The molecule has 3 aromatic rings. The van der Waals surface area contributed by atoms with Crippen LogP contribution in [0, 0.1) is 23.0 Å². The Morgan fingerprint density at radius 2 is 2.02 bits per heavy atom. The van der Waals surface area contributed by atoms with Gasteiger partial charge in [-0.2, -0.15) is 5.26 Å². The number of carbonyl (C=O) groups excluding carboxylic acids is 1. The third-order valence-electron chi connectivity index (χ3n) is 7.52. The first kappa shape index (κ1) is 29.3. The molecule has 1 amide bonds. The van der Waals surface area contributed by atoms with Crippen LogP contribution < -0.4 is 20.7 Å². The minimum atomic E-state index is -3.13. The molecule has 9 nitrogen and oxygen atoms in total. The number of nitriles is 1. The van der Waals surface area contributed by atoms with Gasteiger partial charge in [-0.15, -0.1) is 0 Å². The van der Waals surface area contributed by atoms with Crippen molar-refractivity contribution in [2.24, 2.45) is 0 Å². The first-order valence-corrected chi connectivity index (χ1v) is 14.0. The molecule has 0 aliphatic carbocycles. The van der Waals surface area contributed by atoms with Gasteiger partial charge < -0.3 is 25.0 Å². The van der Waals surface area contributed by atoms with Gasteiger partial charge >= 0.3 is 0 Å². The summed E-state index contributed by atoms with van der Waals surface area (Å²) in [6.45, 7) is 3.98. The third-order valence-corrected chi connectivity index (χ3v) is 8.48. The van der Waals surface area contributed by atoms with Gasteiger partial charge in [0.15, 0.2) is 10.9 Å². The average Bonchev–Trinajstić information content (AvgIpc) is 3.45. The van der Waals surface area contributed by atoms with Gasteiger partial charge in [0.2, 0.25) is 5.56 Å². The van der Waals surface area contributed by atoms with Crippen LogP contribution in [0.4, 0.5) is 34.1 Å². The molecular weight excluding hydrogens is 574 g/mol. The number of alkyl halides is 2. The standard InChI is InChI=1S/C28H27F4N7O2S/c1-15-13-38(7-6-37(15)2)21-9-20(29)23(16-4-3-5-39(14-16)28-35-11-17(10-33)42-28)24(30)25(21)36-27(41)19-12-34-22(40)8-18(19)26(31)32/h4,8-9,11-12,15,26H,3,5-7,13-14H2,1-2H3,(H,34,40)(H,36,41)/t15-/m0/s1. The zero-order valence-corrected chi connectivity index (χ0v) is 23.6. The number of thiazole rings is 1. The number of hydrogen-bond donors (Lipinski definition) is 2. The zero-order chi connectivity index (χ0) is 30.1. The van der Waals surface area contributed by atoms with Crippen molar-refractivity contribution >= 4 is 39.3 Å². The number of carbonyl (C=O) groups is 1. The minimum Gasteiger partial charge on any atom is -0.367 e. The van der Waals surface area contributed by atoms with Crippen molar-refractivity contribution in [1.29, 1.82) is 5.26 Å². The first-order valence-electron chi connectivity index (χ1n) is 13.2. The Kier molecular flexibility index (Phi) is 8.33. The SMILES string of the molecule is C[C@H]1CN(c2cc(F)c(C3=CCCN(c4ncc(C#N)s4)C3)c(F)c2NC(=O)c2c[nH]c(=O)cc2C(F)F)CCN1C. The number of piperazine rings is 1. The number of hydrogen-bond acceptors (Lipinski definition) is 8. The summed E-state index contributed by atoms with van der Waals surface area (Å²) in [5, 5.41) is 12.1. The molecule has 220 valence electrons. The monoisotopic (exact) mass is 601 g/mol. The first-order chi connectivity index (χ1) is 20.1. The average molecular weight is 602 g/mol. The number of amides is 1. The summed E-state index contributed by atoms with van der Waals surface area (Å²) in [6.07, 6.45) is 1.30. The van der Waals surface area contributed by atoms with Crippen molar-refractivity contribution in [2.75, 3.05) is 54.9 Å². The van der Waals surface area contributed by atoms with Crippen molar-refractivity contribution in [1.82, 2.24) is 14.9 Å². The third kappa shape index (κ3) is 5.75. The molecule has 0 saturated carbocycles. The quantitative estimate of drug-likeness (QED) is 0.398. The molecule has 1 aromatic carbocycles. The van der Waals surface area contributed by atoms with E-state index in [1.165, 1.54) is 17.5 Å². The molecule has 2 aromatic heterocycles. The van der Waals surface area contributed by atoms with Gasteiger partial charge in [0, 0.05) is 62.7 Å². The van der Waals surface area contributed by atoms with Crippen molar-refractivity contribution in [3.63, 3.8) is 0 Å². The van der Waals surface area contributed by atoms with E-state index in [9.17, 15) is 18.4 Å². The zero-order valence-electron chi connectivity index (χ0n) is 22.8. The van der Waals surface area contributed by atoms with E-state index in [0.29, 0.717) is 54.2 Å². The van der Waals surface area contributed by atoms with Gasteiger partial charge in [0.05, 0.1) is 23.0 Å². The molecule has 0 radical (unpaired) electrons. The van der Waals surface area contributed by atoms with E-state index in [1.54, 1.807) is 11.0 Å². The second kappa shape index (κ2) is 11.9. The lowest BCUT2D eigenvalue weighted by atomic mass is 9.97. The van der Waals surface area contributed by atoms with Crippen molar-refractivity contribution in [3.8, 4) is 6.07 Å². The molecule has 4 heterocycles. The van der Waals surface area contributed by atoms with Gasteiger partial charge in [-0.1, -0.05) is 17.4 Å². The van der Waals surface area contributed by atoms with E-state index in [1.807, 2.05) is 24.9 Å². The molecule has 2 aliphatic rings. The van der Waals surface area contributed by atoms with Gasteiger partial charge in [-0.25, -0.2) is 22.5 Å². The maximum Gasteiger partial charge on any atom is 0.264 e. The Morgan fingerprint density at radius 1 is 1.24 bits per heavy atom. The lowest BCUT2D eigenvalue weighted by molar-refractivity contribution is 0.101. The molecule has 1 atom stereocenters. The number of rotatable bonds is 6. The number of nitrogens with zero attached hydrogens (tertiary/aromatic N) is 5.